The van der Waals surface area contributed by atoms with Crippen molar-refractivity contribution in [3.05, 3.63) is 0 Å². The predicted octanol–water partition coefficient (Wildman–Crippen LogP) is -3.78. The zero-order valence-corrected chi connectivity index (χ0v) is 16.9. The zero-order chi connectivity index (χ0) is 23.1. The Balaban J connectivity index is 1.73. The average molecular weight is 447 g/mol. The molecule has 2 aliphatic rings. The van der Waals surface area contributed by atoms with Gasteiger partial charge in [-0.1, -0.05) is 0 Å². The number of carboxylic acids is 1. The predicted molar refractivity (Wildman–Crippen MR) is 101 cm³/mol. The van der Waals surface area contributed by atoms with Gasteiger partial charge in [0.15, 0.2) is 6.29 Å². The standard InChI is InChI=1S/C18H29N3O10/c22-9-10-16(28)17(29)15(18(30)31-10)19-11(23)1-2-12(24)20-5-7-21(8-6-20)13(25)3-4-14(26)27/h10,15-18,22,28-30H,1-9H2,(H,19,23)(H,26,27)/t10-,15-,16-,17-,18?/m0/s1. The molecule has 0 spiro atoms. The van der Waals surface area contributed by atoms with Gasteiger partial charge in [0.05, 0.1) is 13.0 Å². The van der Waals surface area contributed by atoms with Crippen molar-refractivity contribution in [2.75, 3.05) is 32.8 Å². The molecule has 2 fully saturated rings. The molecule has 2 rings (SSSR count). The van der Waals surface area contributed by atoms with Gasteiger partial charge in [0.2, 0.25) is 17.7 Å². The quantitative estimate of drug-likeness (QED) is 0.215. The highest BCUT2D eigenvalue weighted by Gasteiger charge is 2.44. The van der Waals surface area contributed by atoms with Gasteiger partial charge < -0.3 is 45.4 Å². The molecule has 0 radical (unpaired) electrons. The molecular formula is C18H29N3O10. The molecule has 2 heterocycles. The van der Waals surface area contributed by atoms with Crippen molar-refractivity contribution >= 4 is 23.7 Å². The minimum absolute atomic E-state index is 0.0974. The normalized spacial score (nSPS) is 28.8. The summed E-state index contributed by atoms with van der Waals surface area (Å²) in [4.78, 5) is 49.9. The number of rotatable bonds is 8. The summed E-state index contributed by atoms with van der Waals surface area (Å²) in [5.74, 6) is -2.29. The third-order valence-corrected chi connectivity index (χ3v) is 5.33. The van der Waals surface area contributed by atoms with Gasteiger partial charge in [-0.2, -0.15) is 0 Å². The number of hydrogen-bond acceptors (Lipinski definition) is 9. The number of aliphatic hydroxyl groups excluding tert-OH is 4. The first kappa shape index (κ1) is 24.9. The SMILES string of the molecule is O=C(O)CCC(=O)N1CCN(C(=O)CCC(=O)N[C@@H]2C(O)O[C@@H](CO)[C@H](O)[C@H]2O)CC1. The van der Waals surface area contributed by atoms with Gasteiger partial charge >= 0.3 is 5.97 Å². The molecule has 1 unspecified atom stereocenters. The number of aliphatic hydroxyl groups is 4. The number of piperazine rings is 1. The van der Waals surface area contributed by atoms with Crippen LogP contribution in [0.5, 0.6) is 0 Å². The second-order valence-electron chi connectivity index (χ2n) is 7.48. The number of ether oxygens (including phenoxy) is 1. The molecule has 0 aliphatic carbocycles. The molecule has 0 aromatic rings. The smallest absolute Gasteiger partial charge is 0.303 e. The fourth-order valence-corrected chi connectivity index (χ4v) is 3.47. The Kier molecular flexibility index (Phi) is 9.13. The molecule has 0 bridgehead atoms. The number of carbonyl (C=O) groups is 4. The lowest BCUT2D eigenvalue weighted by Crippen LogP contribution is -2.64. The lowest BCUT2D eigenvalue weighted by molar-refractivity contribution is -0.253. The first-order valence-corrected chi connectivity index (χ1v) is 10.0. The highest BCUT2D eigenvalue weighted by molar-refractivity contribution is 5.84. The van der Waals surface area contributed by atoms with Crippen molar-refractivity contribution in [1.29, 1.82) is 0 Å². The minimum atomic E-state index is -1.64. The molecule has 3 amide bonds. The maximum atomic E-state index is 12.3. The largest absolute Gasteiger partial charge is 0.481 e. The molecule has 13 nitrogen and oxygen atoms in total. The van der Waals surface area contributed by atoms with Crippen LogP contribution in [0.25, 0.3) is 0 Å². The Bertz CT molecular complexity index is 667. The second-order valence-corrected chi connectivity index (χ2v) is 7.48. The number of aliphatic carboxylic acids is 1. The van der Waals surface area contributed by atoms with Crippen LogP contribution in [0.2, 0.25) is 0 Å². The van der Waals surface area contributed by atoms with Crippen LogP contribution in [0.3, 0.4) is 0 Å². The molecule has 5 atom stereocenters. The van der Waals surface area contributed by atoms with Crippen LogP contribution < -0.4 is 5.32 Å². The molecule has 176 valence electrons. The van der Waals surface area contributed by atoms with Crippen molar-refractivity contribution < 1.29 is 49.4 Å². The monoisotopic (exact) mass is 447 g/mol. The number of amides is 3. The summed E-state index contributed by atoms with van der Waals surface area (Å²) in [6.45, 7) is 0.461. The third-order valence-electron chi connectivity index (χ3n) is 5.33. The Hall–Kier alpha value is -2.32. The number of nitrogens with one attached hydrogen (secondary N) is 1. The summed E-state index contributed by atoms with van der Waals surface area (Å²) in [6, 6.07) is -1.32. The molecule has 0 aromatic heterocycles. The molecule has 31 heavy (non-hydrogen) atoms. The van der Waals surface area contributed by atoms with Crippen molar-refractivity contribution in [3.63, 3.8) is 0 Å². The van der Waals surface area contributed by atoms with E-state index in [2.05, 4.69) is 5.32 Å². The molecule has 6 N–H and O–H groups in total. The molecule has 2 aliphatic heterocycles. The van der Waals surface area contributed by atoms with Crippen LogP contribution in [0.4, 0.5) is 0 Å². The summed E-state index contributed by atoms with van der Waals surface area (Å²) in [6.07, 6.45) is -6.61. The Labute approximate surface area is 178 Å². The lowest BCUT2D eigenvalue weighted by atomic mass is 9.97. The van der Waals surface area contributed by atoms with E-state index in [0.717, 1.165) is 0 Å². The molecular weight excluding hydrogens is 418 g/mol. The van der Waals surface area contributed by atoms with E-state index in [4.69, 9.17) is 14.9 Å². The summed E-state index contributed by atoms with van der Waals surface area (Å²) < 4.78 is 4.95. The van der Waals surface area contributed by atoms with Crippen LogP contribution in [-0.4, -0.2) is 122 Å². The highest BCUT2D eigenvalue weighted by Crippen LogP contribution is 2.20. The van der Waals surface area contributed by atoms with E-state index in [1.54, 1.807) is 0 Å². The minimum Gasteiger partial charge on any atom is -0.481 e. The van der Waals surface area contributed by atoms with Crippen molar-refractivity contribution in [2.24, 2.45) is 0 Å². The third kappa shape index (κ3) is 6.83. The molecule has 0 saturated carbocycles. The summed E-state index contributed by atoms with van der Waals surface area (Å²) >= 11 is 0. The van der Waals surface area contributed by atoms with E-state index < -0.39 is 49.1 Å². The first-order valence-electron chi connectivity index (χ1n) is 10.0. The fraction of sp³-hybridized carbons (Fsp3) is 0.778. The van der Waals surface area contributed by atoms with E-state index in [1.807, 2.05) is 0 Å². The van der Waals surface area contributed by atoms with Crippen LogP contribution in [-0.2, 0) is 23.9 Å². The number of carboxylic acid groups (broad SMARTS) is 1. The van der Waals surface area contributed by atoms with Crippen molar-refractivity contribution in [3.8, 4) is 0 Å². The Morgan fingerprint density at radius 1 is 0.839 bits per heavy atom. The van der Waals surface area contributed by atoms with E-state index in [-0.39, 0.29) is 63.7 Å². The van der Waals surface area contributed by atoms with E-state index in [9.17, 15) is 34.5 Å². The summed E-state index contributed by atoms with van der Waals surface area (Å²) in [5.41, 5.74) is 0. The van der Waals surface area contributed by atoms with Gasteiger partial charge in [-0.3, -0.25) is 19.2 Å². The maximum Gasteiger partial charge on any atom is 0.303 e. The van der Waals surface area contributed by atoms with Crippen LogP contribution in [0.1, 0.15) is 25.7 Å². The van der Waals surface area contributed by atoms with Crippen LogP contribution in [0.15, 0.2) is 0 Å². The van der Waals surface area contributed by atoms with Crippen LogP contribution >= 0.6 is 0 Å². The van der Waals surface area contributed by atoms with Gasteiger partial charge in [0.1, 0.15) is 24.4 Å². The number of carbonyl (C=O) groups excluding carboxylic acids is 3. The first-order chi connectivity index (χ1) is 14.6. The van der Waals surface area contributed by atoms with E-state index in [0.29, 0.717) is 0 Å². The number of hydrogen-bond donors (Lipinski definition) is 6. The van der Waals surface area contributed by atoms with Gasteiger partial charge in [0.25, 0.3) is 0 Å². The number of nitrogens with zero attached hydrogens (tertiary/aromatic N) is 2. The highest BCUT2D eigenvalue weighted by atomic mass is 16.6. The van der Waals surface area contributed by atoms with Gasteiger partial charge in [-0.25, -0.2) is 0 Å². The van der Waals surface area contributed by atoms with Crippen LogP contribution in [0, 0.1) is 0 Å². The second kappa shape index (κ2) is 11.3. The maximum absolute atomic E-state index is 12.3. The molecule has 13 heteroatoms. The van der Waals surface area contributed by atoms with Gasteiger partial charge in [0, 0.05) is 45.4 Å². The molecule has 0 aromatic carbocycles. The average Bonchev–Trinajstić information content (AvgIpc) is 2.75. The lowest BCUT2D eigenvalue weighted by Gasteiger charge is -2.40. The van der Waals surface area contributed by atoms with Crippen molar-refractivity contribution in [1.82, 2.24) is 15.1 Å². The van der Waals surface area contributed by atoms with Gasteiger partial charge in [-0.05, 0) is 0 Å². The Morgan fingerprint density at radius 2 is 1.35 bits per heavy atom. The van der Waals surface area contributed by atoms with Crippen molar-refractivity contribution in [2.45, 2.75) is 56.3 Å². The Morgan fingerprint density at radius 3 is 1.84 bits per heavy atom. The molecule has 2 saturated heterocycles. The van der Waals surface area contributed by atoms with E-state index >= 15 is 0 Å². The van der Waals surface area contributed by atoms with Gasteiger partial charge in [-0.15, -0.1) is 0 Å². The summed E-state index contributed by atoms with van der Waals surface area (Å²) in [5, 5.41) is 49.7. The zero-order valence-electron chi connectivity index (χ0n) is 16.9. The topological polar surface area (TPSA) is 197 Å². The fourth-order valence-electron chi connectivity index (χ4n) is 3.47. The van der Waals surface area contributed by atoms with E-state index in [1.165, 1.54) is 9.80 Å². The summed E-state index contributed by atoms with van der Waals surface area (Å²) in [7, 11) is 0.